The Bertz CT molecular complexity index is 1350. The minimum Gasteiger partial charge on any atom is -0.489 e. The molecule has 2 saturated heterocycles. The van der Waals surface area contributed by atoms with Crippen LogP contribution in [0, 0.1) is 0 Å². The van der Waals surface area contributed by atoms with Crippen molar-refractivity contribution in [1.82, 2.24) is 15.1 Å². The van der Waals surface area contributed by atoms with Crippen LogP contribution in [0.1, 0.15) is 39.9 Å². The number of carbonyl (C=O) groups excluding carboxylic acids is 3. The highest BCUT2D eigenvalue weighted by Crippen LogP contribution is 2.34. The molecule has 1 atom stereocenters. The third kappa shape index (κ3) is 4.99. The SMILES string of the molecule is O=C1CCC(N2Cc3c(OCc4ccc(CN5CC(Oc6ccccc6)C5)cc4)cccc3C2=O)C(=O)N1. The first-order chi connectivity index (χ1) is 18.5. The van der Waals surface area contributed by atoms with Gasteiger partial charge in [0, 0.05) is 37.2 Å². The molecule has 1 N–H and O–H groups in total. The fourth-order valence-corrected chi connectivity index (χ4v) is 5.27. The predicted molar refractivity (Wildman–Crippen MR) is 139 cm³/mol. The molecule has 3 heterocycles. The Hall–Kier alpha value is -4.17. The summed E-state index contributed by atoms with van der Waals surface area (Å²) in [6.07, 6.45) is 0.802. The molecule has 2 fully saturated rings. The maximum absolute atomic E-state index is 13.0. The van der Waals surface area contributed by atoms with E-state index >= 15 is 0 Å². The Morgan fingerprint density at radius 1 is 0.868 bits per heavy atom. The van der Waals surface area contributed by atoms with Crippen molar-refractivity contribution in [2.24, 2.45) is 0 Å². The van der Waals surface area contributed by atoms with Crippen LogP contribution >= 0.6 is 0 Å². The summed E-state index contributed by atoms with van der Waals surface area (Å²) in [6, 6.07) is 23.1. The molecule has 0 aromatic heterocycles. The third-order valence-corrected chi connectivity index (χ3v) is 7.33. The third-order valence-electron chi connectivity index (χ3n) is 7.33. The molecule has 8 heteroatoms. The number of carbonyl (C=O) groups is 3. The summed E-state index contributed by atoms with van der Waals surface area (Å²) >= 11 is 0. The molecule has 8 nitrogen and oxygen atoms in total. The lowest BCUT2D eigenvalue weighted by Crippen LogP contribution is -2.53. The van der Waals surface area contributed by atoms with E-state index in [1.165, 1.54) is 5.56 Å². The number of imide groups is 1. The molecular formula is C30H29N3O5. The van der Waals surface area contributed by atoms with Gasteiger partial charge >= 0.3 is 0 Å². The number of amides is 3. The lowest BCUT2D eigenvalue weighted by Gasteiger charge is -2.39. The maximum Gasteiger partial charge on any atom is 0.255 e. The Morgan fingerprint density at radius 2 is 1.63 bits per heavy atom. The van der Waals surface area contributed by atoms with Gasteiger partial charge in [-0.05, 0) is 41.8 Å². The van der Waals surface area contributed by atoms with E-state index in [0.717, 1.165) is 36.5 Å². The molecule has 0 bridgehead atoms. The summed E-state index contributed by atoms with van der Waals surface area (Å²) in [4.78, 5) is 40.7. The summed E-state index contributed by atoms with van der Waals surface area (Å²) in [5, 5.41) is 2.34. The van der Waals surface area contributed by atoms with Crippen LogP contribution in [0.4, 0.5) is 0 Å². The van der Waals surface area contributed by atoms with E-state index in [1.54, 1.807) is 17.0 Å². The first-order valence-electron chi connectivity index (χ1n) is 12.9. The highest BCUT2D eigenvalue weighted by Gasteiger charge is 2.40. The van der Waals surface area contributed by atoms with Gasteiger partial charge in [0.05, 0.1) is 6.54 Å². The van der Waals surface area contributed by atoms with E-state index in [-0.39, 0.29) is 24.3 Å². The van der Waals surface area contributed by atoms with Crippen molar-refractivity contribution in [3.8, 4) is 11.5 Å². The van der Waals surface area contributed by atoms with Gasteiger partial charge in [-0.15, -0.1) is 0 Å². The van der Waals surface area contributed by atoms with Crippen LogP contribution in [0.3, 0.4) is 0 Å². The van der Waals surface area contributed by atoms with E-state index in [9.17, 15) is 14.4 Å². The molecule has 0 radical (unpaired) electrons. The molecule has 3 aliphatic rings. The van der Waals surface area contributed by atoms with Gasteiger partial charge in [0.15, 0.2) is 0 Å². The Morgan fingerprint density at radius 3 is 2.39 bits per heavy atom. The molecular weight excluding hydrogens is 482 g/mol. The minimum absolute atomic E-state index is 0.202. The number of nitrogens with zero attached hydrogens (tertiary/aromatic N) is 2. The van der Waals surface area contributed by atoms with E-state index in [4.69, 9.17) is 9.47 Å². The second-order valence-corrected chi connectivity index (χ2v) is 10.0. The number of rotatable bonds is 8. The van der Waals surface area contributed by atoms with Crippen LogP contribution in [-0.4, -0.2) is 52.8 Å². The molecule has 194 valence electrons. The molecule has 0 spiro atoms. The van der Waals surface area contributed by atoms with Crippen molar-refractivity contribution >= 4 is 17.7 Å². The molecule has 3 aromatic rings. The van der Waals surface area contributed by atoms with Crippen LogP contribution in [-0.2, 0) is 29.3 Å². The monoisotopic (exact) mass is 511 g/mol. The quantitative estimate of drug-likeness (QED) is 0.467. The number of benzene rings is 3. The highest BCUT2D eigenvalue weighted by atomic mass is 16.5. The van der Waals surface area contributed by atoms with Gasteiger partial charge in [-0.3, -0.25) is 24.6 Å². The van der Waals surface area contributed by atoms with Crippen LogP contribution in [0.2, 0.25) is 0 Å². The minimum atomic E-state index is -0.639. The molecule has 6 rings (SSSR count). The summed E-state index contributed by atoms with van der Waals surface area (Å²) in [6.45, 7) is 3.36. The smallest absolute Gasteiger partial charge is 0.255 e. The largest absolute Gasteiger partial charge is 0.489 e. The van der Waals surface area contributed by atoms with Crippen molar-refractivity contribution in [1.29, 1.82) is 0 Å². The van der Waals surface area contributed by atoms with Gasteiger partial charge < -0.3 is 14.4 Å². The maximum atomic E-state index is 13.0. The molecule has 0 saturated carbocycles. The van der Waals surface area contributed by atoms with Crippen LogP contribution in [0.15, 0.2) is 72.8 Å². The van der Waals surface area contributed by atoms with E-state index in [0.29, 0.717) is 30.9 Å². The molecule has 3 aliphatic heterocycles. The first-order valence-corrected chi connectivity index (χ1v) is 12.9. The van der Waals surface area contributed by atoms with Crippen LogP contribution in [0.25, 0.3) is 0 Å². The van der Waals surface area contributed by atoms with Gasteiger partial charge in [0.1, 0.15) is 30.3 Å². The number of nitrogens with one attached hydrogen (secondary N) is 1. The number of hydrogen-bond acceptors (Lipinski definition) is 6. The van der Waals surface area contributed by atoms with Crippen molar-refractivity contribution in [2.75, 3.05) is 13.1 Å². The Balaban J connectivity index is 1.02. The zero-order valence-electron chi connectivity index (χ0n) is 21.0. The average molecular weight is 512 g/mol. The second-order valence-electron chi connectivity index (χ2n) is 10.0. The van der Waals surface area contributed by atoms with Crippen LogP contribution in [0.5, 0.6) is 11.5 Å². The average Bonchev–Trinajstić information content (AvgIpc) is 3.24. The lowest BCUT2D eigenvalue weighted by atomic mass is 10.0. The fourth-order valence-electron chi connectivity index (χ4n) is 5.27. The highest BCUT2D eigenvalue weighted by molar-refractivity contribution is 6.05. The molecule has 0 aliphatic carbocycles. The molecule has 3 aromatic carbocycles. The number of fused-ring (bicyclic) bond motifs is 1. The predicted octanol–water partition coefficient (Wildman–Crippen LogP) is 3.29. The number of likely N-dealkylation sites (tertiary alicyclic amines) is 1. The van der Waals surface area contributed by atoms with Crippen molar-refractivity contribution in [3.63, 3.8) is 0 Å². The standard InChI is InChI=1S/C30H29N3O5/c34-28-14-13-26(29(35)31-28)33-18-25-24(30(33)36)7-4-8-27(25)37-19-21-11-9-20(10-12-21)15-32-16-23(17-32)38-22-5-2-1-3-6-22/h1-12,23,26H,13-19H2,(H,31,34,35). The van der Waals surface area contributed by atoms with Gasteiger partial charge in [-0.1, -0.05) is 48.5 Å². The number of ether oxygens (including phenoxy) is 2. The first kappa shape index (κ1) is 24.2. The summed E-state index contributed by atoms with van der Waals surface area (Å²) in [5.74, 6) is 0.643. The van der Waals surface area contributed by atoms with Crippen molar-refractivity contribution < 1.29 is 23.9 Å². The second kappa shape index (κ2) is 10.3. The zero-order chi connectivity index (χ0) is 26.1. The van der Waals surface area contributed by atoms with Crippen molar-refractivity contribution in [3.05, 3.63) is 95.1 Å². The Kier molecular flexibility index (Phi) is 6.55. The van der Waals surface area contributed by atoms with E-state index < -0.39 is 11.9 Å². The molecule has 3 amide bonds. The van der Waals surface area contributed by atoms with Crippen LogP contribution < -0.4 is 14.8 Å². The molecule has 1 unspecified atom stereocenters. The summed E-state index contributed by atoms with van der Waals surface area (Å²) < 4.78 is 12.1. The lowest BCUT2D eigenvalue weighted by molar-refractivity contribution is -0.136. The summed E-state index contributed by atoms with van der Waals surface area (Å²) in [5.41, 5.74) is 3.60. The molecule has 38 heavy (non-hydrogen) atoms. The number of para-hydroxylation sites is 1. The van der Waals surface area contributed by atoms with Gasteiger partial charge in [-0.2, -0.15) is 0 Å². The van der Waals surface area contributed by atoms with Crippen molar-refractivity contribution in [2.45, 2.75) is 44.7 Å². The Labute approximate surface area is 221 Å². The van der Waals surface area contributed by atoms with Gasteiger partial charge in [-0.25, -0.2) is 0 Å². The fraction of sp³-hybridized carbons (Fsp3) is 0.300. The zero-order valence-corrected chi connectivity index (χ0v) is 21.0. The van der Waals surface area contributed by atoms with E-state index in [1.807, 2.05) is 36.4 Å². The van der Waals surface area contributed by atoms with Gasteiger partial charge in [0.2, 0.25) is 11.8 Å². The van der Waals surface area contributed by atoms with Gasteiger partial charge in [0.25, 0.3) is 5.91 Å². The topological polar surface area (TPSA) is 88.2 Å². The number of hydrogen-bond donors (Lipinski definition) is 1. The number of piperidine rings is 1. The summed E-state index contributed by atoms with van der Waals surface area (Å²) in [7, 11) is 0. The normalized spacial score (nSPS) is 19.6. The van der Waals surface area contributed by atoms with E-state index in [2.05, 4.69) is 34.5 Å².